The first kappa shape index (κ1) is 15.2. The number of hydrogen-bond donors (Lipinski definition) is 2. The maximum absolute atomic E-state index is 11.4. The third kappa shape index (κ3) is 5.04. The molecule has 0 aliphatic heterocycles. The average Bonchev–Trinajstić information content (AvgIpc) is 2.64. The number of rotatable bonds is 5. The number of benzene rings is 1. The van der Waals surface area contributed by atoms with Crippen molar-refractivity contribution in [1.82, 2.24) is 0 Å². The van der Waals surface area contributed by atoms with Crippen molar-refractivity contribution < 1.29 is 8.42 Å². The summed E-state index contributed by atoms with van der Waals surface area (Å²) in [6.45, 7) is 0.919. The fourth-order valence-electron chi connectivity index (χ4n) is 2.75. The molecule has 1 aliphatic carbocycles. The third-order valence-electron chi connectivity index (χ3n) is 3.78. The molecule has 1 fully saturated rings. The van der Waals surface area contributed by atoms with Crippen molar-refractivity contribution in [2.24, 2.45) is 5.92 Å². The van der Waals surface area contributed by atoms with Gasteiger partial charge in [0.25, 0.3) is 0 Å². The zero-order chi connectivity index (χ0) is 14.4. The van der Waals surface area contributed by atoms with E-state index in [4.69, 9.17) is 0 Å². The molecule has 1 aromatic carbocycles. The van der Waals surface area contributed by atoms with Crippen LogP contribution < -0.4 is 10.0 Å². The first-order valence-electron chi connectivity index (χ1n) is 7.35. The highest BCUT2D eigenvalue weighted by Crippen LogP contribution is 2.26. The van der Waals surface area contributed by atoms with Crippen LogP contribution in [0.3, 0.4) is 0 Å². The number of anilines is 2. The van der Waals surface area contributed by atoms with Gasteiger partial charge in [-0.05, 0) is 30.9 Å². The Bertz CT molecular complexity index is 520. The van der Waals surface area contributed by atoms with Gasteiger partial charge in [0, 0.05) is 6.54 Å². The van der Waals surface area contributed by atoms with E-state index >= 15 is 0 Å². The number of sulfonamides is 1. The van der Waals surface area contributed by atoms with Crippen LogP contribution in [0.25, 0.3) is 0 Å². The molecule has 1 saturated carbocycles. The summed E-state index contributed by atoms with van der Waals surface area (Å²) in [6, 6.07) is 7.47. The van der Waals surface area contributed by atoms with Crippen molar-refractivity contribution in [2.45, 2.75) is 38.5 Å². The van der Waals surface area contributed by atoms with Crippen molar-refractivity contribution in [3.8, 4) is 0 Å². The standard InChI is InChI=1S/C15H24N2O2S/c1-20(18,19)17-15-11-7-6-10-14(15)16-12-13-8-4-2-3-5-9-13/h6-7,10-11,13,16-17H,2-5,8-9,12H2,1H3. The zero-order valence-electron chi connectivity index (χ0n) is 12.1. The maximum atomic E-state index is 11.4. The van der Waals surface area contributed by atoms with Crippen LogP contribution in [0, 0.1) is 5.92 Å². The van der Waals surface area contributed by atoms with E-state index in [2.05, 4.69) is 10.0 Å². The molecule has 0 saturated heterocycles. The van der Waals surface area contributed by atoms with Crippen LogP contribution in [0.1, 0.15) is 38.5 Å². The fraction of sp³-hybridized carbons (Fsp3) is 0.600. The van der Waals surface area contributed by atoms with E-state index in [1.807, 2.05) is 18.2 Å². The van der Waals surface area contributed by atoms with Crippen LogP contribution in [0.4, 0.5) is 11.4 Å². The van der Waals surface area contributed by atoms with Crippen LogP contribution in [-0.2, 0) is 10.0 Å². The van der Waals surface area contributed by atoms with Gasteiger partial charge in [-0.2, -0.15) is 0 Å². The summed E-state index contributed by atoms with van der Waals surface area (Å²) in [5.41, 5.74) is 1.49. The summed E-state index contributed by atoms with van der Waals surface area (Å²) >= 11 is 0. The van der Waals surface area contributed by atoms with Gasteiger partial charge in [-0.3, -0.25) is 4.72 Å². The van der Waals surface area contributed by atoms with E-state index in [1.165, 1.54) is 44.8 Å². The Kier molecular flexibility index (Phi) is 5.29. The van der Waals surface area contributed by atoms with Gasteiger partial charge >= 0.3 is 0 Å². The highest BCUT2D eigenvalue weighted by Gasteiger charge is 2.13. The van der Waals surface area contributed by atoms with E-state index < -0.39 is 10.0 Å². The predicted molar refractivity (Wildman–Crippen MR) is 84.6 cm³/mol. The highest BCUT2D eigenvalue weighted by molar-refractivity contribution is 7.92. The highest BCUT2D eigenvalue weighted by atomic mass is 32.2. The monoisotopic (exact) mass is 296 g/mol. The molecule has 4 nitrogen and oxygen atoms in total. The smallest absolute Gasteiger partial charge is 0.229 e. The number of nitrogens with one attached hydrogen (secondary N) is 2. The molecule has 1 aromatic rings. The van der Waals surface area contributed by atoms with Gasteiger partial charge in [-0.25, -0.2) is 8.42 Å². The molecule has 0 bridgehead atoms. The molecule has 112 valence electrons. The number of para-hydroxylation sites is 2. The van der Waals surface area contributed by atoms with E-state index in [-0.39, 0.29) is 0 Å². The molecule has 5 heteroatoms. The molecule has 0 spiro atoms. The van der Waals surface area contributed by atoms with E-state index in [1.54, 1.807) is 6.07 Å². The van der Waals surface area contributed by atoms with Gasteiger partial charge in [-0.15, -0.1) is 0 Å². The Balaban J connectivity index is 1.98. The third-order valence-corrected chi connectivity index (χ3v) is 4.37. The Hall–Kier alpha value is -1.23. The summed E-state index contributed by atoms with van der Waals surface area (Å²) in [5.74, 6) is 0.698. The summed E-state index contributed by atoms with van der Waals surface area (Å²) in [5, 5.41) is 3.41. The lowest BCUT2D eigenvalue weighted by Gasteiger charge is -2.18. The zero-order valence-corrected chi connectivity index (χ0v) is 12.9. The van der Waals surface area contributed by atoms with Crippen molar-refractivity contribution >= 4 is 21.4 Å². The molecule has 1 aliphatic rings. The van der Waals surface area contributed by atoms with Crippen molar-refractivity contribution in [3.63, 3.8) is 0 Å². The second-order valence-corrected chi connectivity index (χ2v) is 7.41. The van der Waals surface area contributed by atoms with Gasteiger partial charge in [0.2, 0.25) is 10.0 Å². The first-order chi connectivity index (χ1) is 9.54. The molecule has 0 amide bonds. The Labute approximate surface area is 122 Å². The molecule has 0 heterocycles. The SMILES string of the molecule is CS(=O)(=O)Nc1ccccc1NCC1CCCCCC1. The molecular formula is C15H24N2O2S. The first-order valence-corrected chi connectivity index (χ1v) is 9.24. The lowest BCUT2D eigenvalue weighted by atomic mass is 10.0. The van der Waals surface area contributed by atoms with Crippen LogP contribution in [0.2, 0.25) is 0 Å². The molecule has 2 N–H and O–H groups in total. The largest absolute Gasteiger partial charge is 0.383 e. The lowest BCUT2D eigenvalue weighted by Crippen LogP contribution is -2.16. The van der Waals surface area contributed by atoms with Gasteiger partial charge in [-0.1, -0.05) is 37.8 Å². The average molecular weight is 296 g/mol. The van der Waals surface area contributed by atoms with Crippen molar-refractivity contribution in [3.05, 3.63) is 24.3 Å². The summed E-state index contributed by atoms with van der Waals surface area (Å²) in [6.07, 6.45) is 9.05. The Morgan fingerprint density at radius 2 is 1.65 bits per heavy atom. The van der Waals surface area contributed by atoms with Crippen molar-refractivity contribution in [2.75, 3.05) is 22.8 Å². The lowest BCUT2D eigenvalue weighted by molar-refractivity contribution is 0.483. The molecule has 0 aromatic heterocycles. The van der Waals surface area contributed by atoms with E-state index in [0.717, 1.165) is 12.2 Å². The Morgan fingerprint density at radius 3 is 2.25 bits per heavy atom. The predicted octanol–water partition coefficient (Wildman–Crippen LogP) is 3.44. The van der Waals surface area contributed by atoms with Crippen LogP contribution in [0.15, 0.2) is 24.3 Å². The molecule has 0 unspecified atom stereocenters. The summed E-state index contributed by atoms with van der Waals surface area (Å²) in [7, 11) is -3.24. The maximum Gasteiger partial charge on any atom is 0.229 e. The quantitative estimate of drug-likeness (QED) is 0.818. The second kappa shape index (κ2) is 6.97. The van der Waals surface area contributed by atoms with Crippen LogP contribution in [0.5, 0.6) is 0 Å². The Morgan fingerprint density at radius 1 is 1.05 bits per heavy atom. The normalized spacial score (nSPS) is 17.4. The van der Waals surface area contributed by atoms with E-state index in [0.29, 0.717) is 11.6 Å². The molecular weight excluding hydrogens is 272 g/mol. The molecule has 20 heavy (non-hydrogen) atoms. The topological polar surface area (TPSA) is 58.2 Å². The molecule has 2 rings (SSSR count). The van der Waals surface area contributed by atoms with Crippen LogP contribution >= 0.6 is 0 Å². The minimum absolute atomic E-state index is 0.628. The van der Waals surface area contributed by atoms with Gasteiger partial charge < -0.3 is 5.32 Å². The minimum atomic E-state index is -3.24. The second-order valence-electron chi connectivity index (χ2n) is 5.66. The van der Waals surface area contributed by atoms with Crippen LogP contribution in [-0.4, -0.2) is 21.2 Å². The summed E-state index contributed by atoms with van der Waals surface area (Å²) in [4.78, 5) is 0. The van der Waals surface area contributed by atoms with E-state index in [9.17, 15) is 8.42 Å². The van der Waals surface area contributed by atoms with Crippen molar-refractivity contribution in [1.29, 1.82) is 0 Å². The van der Waals surface area contributed by atoms with Gasteiger partial charge in [0.1, 0.15) is 0 Å². The fourth-order valence-corrected chi connectivity index (χ4v) is 3.33. The van der Waals surface area contributed by atoms with Gasteiger partial charge in [0.05, 0.1) is 17.6 Å². The minimum Gasteiger partial charge on any atom is -0.383 e. The van der Waals surface area contributed by atoms with Gasteiger partial charge in [0.15, 0.2) is 0 Å². The molecule has 0 atom stereocenters. The number of hydrogen-bond acceptors (Lipinski definition) is 3. The summed E-state index contributed by atoms with van der Waals surface area (Å²) < 4.78 is 25.3. The molecule has 0 radical (unpaired) electrons.